The summed E-state index contributed by atoms with van der Waals surface area (Å²) in [4.78, 5) is 2.50. The maximum atomic E-state index is 5.87. The average molecular weight is 254 g/mol. The Morgan fingerprint density at radius 1 is 1.29 bits per heavy atom. The Kier molecular flexibility index (Phi) is 4.69. The normalized spacial score (nSPS) is 15.9. The van der Waals surface area contributed by atoms with Crippen LogP contribution in [-0.2, 0) is 6.54 Å². The molecule has 1 fully saturated rings. The molecule has 1 aromatic carbocycles. The van der Waals surface area contributed by atoms with Crippen molar-refractivity contribution in [2.24, 2.45) is 0 Å². The third-order valence-corrected chi connectivity index (χ3v) is 3.68. The van der Waals surface area contributed by atoms with Gasteiger partial charge in [0.15, 0.2) is 0 Å². The molecule has 0 saturated heterocycles. The van der Waals surface area contributed by atoms with E-state index in [9.17, 15) is 0 Å². The van der Waals surface area contributed by atoms with Crippen LogP contribution in [0.25, 0.3) is 0 Å². The van der Waals surface area contributed by atoms with E-state index in [1.54, 1.807) is 7.11 Å². The molecule has 94 valence electrons. The van der Waals surface area contributed by atoms with Crippen LogP contribution in [-0.4, -0.2) is 30.5 Å². The second-order valence-electron chi connectivity index (χ2n) is 4.59. The van der Waals surface area contributed by atoms with Gasteiger partial charge in [0, 0.05) is 25.0 Å². The summed E-state index contributed by atoms with van der Waals surface area (Å²) in [6, 6.07) is 9.07. The van der Waals surface area contributed by atoms with Gasteiger partial charge in [-0.3, -0.25) is 4.90 Å². The van der Waals surface area contributed by atoms with E-state index in [0.29, 0.717) is 5.88 Å². The molecule has 17 heavy (non-hydrogen) atoms. The van der Waals surface area contributed by atoms with Crippen LogP contribution in [0.5, 0.6) is 5.75 Å². The summed E-state index contributed by atoms with van der Waals surface area (Å²) in [5, 5.41) is 0. The molecular weight excluding hydrogens is 234 g/mol. The van der Waals surface area contributed by atoms with Gasteiger partial charge < -0.3 is 4.74 Å². The Balaban J connectivity index is 1.95. The first-order chi connectivity index (χ1) is 8.33. The van der Waals surface area contributed by atoms with Gasteiger partial charge in [0.25, 0.3) is 0 Å². The third-order valence-electron chi connectivity index (χ3n) is 3.51. The zero-order valence-corrected chi connectivity index (χ0v) is 11.1. The SMILES string of the molecule is COc1ccc(CN(CCCl)C2CCC2)cc1. The predicted molar refractivity (Wildman–Crippen MR) is 71.8 cm³/mol. The van der Waals surface area contributed by atoms with Crippen molar-refractivity contribution in [2.45, 2.75) is 31.8 Å². The minimum atomic E-state index is 0.715. The molecule has 0 spiro atoms. The molecule has 0 atom stereocenters. The fourth-order valence-corrected chi connectivity index (χ4v) is 2.43. The Morgan fingerprint density at radius 2 is 2.00 bits per heavy atom. The molecule has 3 heteroatoms. The number of nitrogens with zero attached hydrogens (tertiary/aromatic N) is 1. The predicted octanol–water partition coefficient (Wildman–Crippen LogP) is 3.29. The van der Waals surface area contributed by atoms with Gasteiger partial charge in [0.1, 0.15) is 5.75 Å². The van der Waals surface area contributed by atoms with E-state index in [0.717, 1.165) is 24.9 Å². The zero-order valence-electron chi connectivity index (χ0n) is 10.4. The van der Waals surface area contributed by atoms with Crippen molar-refractivity contribution in [1.82, 2.24) is 4.90 Å². The topological polar surface area (TPSA) is 12.5 Å². The largest absolute Gasteiger partial charge is 0.497 e. The lowest BCUT2D eigenvalue weighted by Crippen LogP contribution is -2.40. The third kappa shape index (κ3) is 3.36. The van der Waals surface area contributed by atoms with Crippen molar-refractivity contribution in [3.05, 3.63) is 29.8 Å². The highest BCUT2D eigenvalue weighted by Gasteiger charge is 2.24. The van der Waals surface area contributed by atoms with E-state index in [-0.39, 0.29) is 0 Å². The van der Waals surface area contributed by atoms with Crippen molar-refractivity contribution in [1.29, 1.82) is 0 Å². The fraction of sp³-hybridized carbons (Fsp3) is 0.571. The molecule has 0 aliphatic heterocycles. The highest BCUT2D eigenvalue weighted by Crippen LogP contribution is 2.26. The summed E-state index contributed by atoms with van der Waals surface area (Å²) in [6.45, 7) is 1.99. The number of hydrogen-bond donors (Lipinski definition) is 0. The molecule has 1 aliphatic rings. The number of benzene rings is 1. The second-order valence-corrected chi connectivity index (χ2v) is 4.97. The molecular formula is C14H20ClNO. The molecule has 0 unspecified atom stereocenters. The number of halogens is 1. The minimum absolute atomic E-state index is 0.715. The van der Waals surface area contributed by atoms with Crippen molar-refractivity contribution in [2.75, 3.05) is 19.5 Å². The minimum Gasteiger partial charge on any atom is -0.497 e. The summed E-state index contributed by atoms with van der Waals surface area (Å²) in [5.74, 6) is 1.63. The quantitative estimate of drug-likeness (QED) is 0.722. The van der Waals surface area contributed by atoms with Gasteiger partial charge in [-0.2, -0.15) is 0 Å². The number of hydrogen-bond acceptors (Lipinski definition) is 2. The van der Waals surface area contributed by atoms with Gasteiger partial charge in [0.2, 0.25) is 0 Å². The van der Waals surface area contributed by atoms with E-state index in [2.05, 4.69) is 17.0 Å². The van der Waals surface area contributed by atoms with Crippen LogP contribution in [0.15, 0.2) is 24.3 Å². The summed E-state index contributed by atoms with van der Waals surface area (Å²) < 4.78 is 5.17. The monoisotopic (exact) mass is 253 g/mol. The summed E-state index contributed by atoms with van der Waals surface area (Å²) >= 11 is 5.87. The first kappa shape index (κ1) is 12.7. The van der Waals surface area contributed by atoms with Crippen LogP contribution in [0.4, 0.5) is 0 Å². The summed E-state index contributed by atoms with van der Waals surface area (Å²) in [6.07, 6.45) is 4.02. The maximum absolute atomic E-state index is 5.87. The lowest BCUT2D eigenvalue weighted by atomic mass is 9.91. The van der Waals surface area contributed by atoms with Crippen LogP contribution in [0.2, 0.25) is 0 Å². The Bertz CT molecular complexity index is 335. The highest BCUT2D eigenvalue weighted by molar-refractivity contribution is 6.18. The van der Waals surface area contributed by atoms with Crippen LogP contribution >= 0.6 is 11.6 Å². The molecule has 0 bridgehead atoms. The first-order valence-electron chi connectivity index (χ1n) is 6.26. The molecule has 0 N–H and O–H groups in total. The van der Waals surface area contributed by atoms with Crippen molar-refractivity contribution in [3.63, 3.8) is 0 Å². The summed E-state index contributed by atoms with van der Waals surface area (Å²) in [5.41, 5.74) is 1.34. The molecule has 2 nitrogen and oxygen atoms in total. The Labute approximate surface area is 109 Å². The van der Waals surface area contributed by atoms with E-state index >= 15 is 0 Å². The first-order valence-corrected chi connectivity index (χ1v) is 6.80. The lowest BCUT2D eigenvalue weighted by molar-refractivity contribution is 0.127. The Morgan fingerprint density at radius 3 is 2.47 bits per heavy atom. The van der Waals surface area contributed by atoms with Crippen LogP contribution in [0.3, 0.4) is 0 Å². The number of methoxy groups -OCH3 is 1. The molecule has 1 saturated carbocycles. The highest BCUT2D eigenvalue weighted by atomic mass is 35.5. The smallest absolute Gasteiger partial charge is 0.118 e. The van der Waals surface area contributed by atoms with E-state index in [1.165, 1.54) is 24.8 Å². The van der Waals surface area contributed by atoms with E-state index in [1.807, 2.05) is 12.1 Å². The van der Waals surface area contributed by atoms with Gasteiger partial charge >= 0.3 is 0 Å². The summed E-state index contributed by atoms with van der Waals surface area (Å²) in [7, 11) is 1.70. The van der Waals surface area contributed by atoms with Crippen LogP contribution in [0, 0.1) is 0 Å². The fourth-order valence-electron chi connectivity index (χ4n) is 2.22. The van der Waals surface area contributed by atoms with Gasteiger partial charge in [-0.1, -0.05) is 18.6 Å². The molecule has 1 aliphatic carbocycles. The van der Waals surface area contributed by atoms with Gasteiger partial charge in [-0.15, -0.1) is 11.6 Å². The van der Waals surface area contributed by atoms with E-state index < -0.39 is 0 Å². The molecule has 2 rings (SSSR count). The molecule has 1 aromatic rings. The maximum Gasteiger partial charge on any atom is 0.118 e. The van der Waals surface area contributed by atoms with Gasteiger partial charge in [0.05, 0.1) is 7.11 Å². The Hall–Kier alpha value is -0.730. The van der Waals surface area contributed by atoms with Crippen molar-refractivity contribution >= 4 is 11.6 Å². The van der Waals surface area contributed by atoms with E-state index in [4.69, 9.17) is 16.3 Å². The number of ether oxygens (including phenoxy) is 1. The molecule has 0 aromatic heterocycles. The number of alkyl halides is 1. The zero-order chi connectivity index (χ0) is 12.1. The molecule has 0 amide bonds. The number of rotatable bonds is 6. The van der Waals surface area contributed by atoms with Crippen LogP contribution in [0.1, 0.15) is 24.8 Å². The van der Waals surface area contributed by atoms with Crippen molar-refractivity contribution < 1.29 is 4.74 Å². The molecule has 0 heterocycles. The average Bonchev–Trinajstić information content (AvgIpc) is 2.28. The lowest BCUT2D eigenvalue weighted by Gasteiger charge is -2.37. The van der Waals surface area contributed by atoms with Crippen molar-refractivity contribution in [3.8, 4) is 5.75 Å². The van der Waals surface area contributed by atoms with Crippen LogP contribution < -0.4 is 4.74 Å². The van der Waals surface area contributed by atoms with Gasteiger partial charge in [-0.25, -0.2) is 0 Å². The van der Waals surface area contributed by atoms with Gasteiger partial charge in [-0.05, 0) is 30.5 Å². The standard InChI is InChI=1S/C14H20ClNO/c1-17-14-7-5-12(6-8-14)11-16(10-9-15)13-3-2-4-13/h5-8,13H,2-4,9-11H2,1H3. The molecule has 0 radical (unpaired) electrons. The second kappa shape index (κ2) is 6.27.